The summed E-state index contributed by atoms with van der Waals surface area (Å²) in [5.74, 6) is 1.49. The first kappa shape index (κ1) is 11.5. The van der Waals surface area contributed by atoms with Crippen molar-refractivity contribution in [3.63, 3.8) is 0 Å². The van der Waals surface area contributed by atoms with E-state index in [2.05, 4.69) is 25.6 Å². The zero-order valence-electron chi connectivity index (χ0n) is 10.9. The third-order valence-electron chi connectivity index (χ3n) is 3.24. The number of benzene rings is 1. The smallest absolute Gasteiger partial charge is 0.247 e. The van der Waals surface area contributed by atoms with Crippen molar-refractivity contribution in [3.8, 4) is 0 Å². The number of fused-ring (bicyclic) bond motifs is 2. The molecular formula is C13H12N8. The number of anilines is 4. The van der Waals surface area contributed by atoms with E-state index in [9.17, 15) is 0 Å². The summed E-state index contributed by atoms with van der Waals surface area (Å²) in [6, 6.07) is 11.1. The lowest BCUT2D eigenvalue weighted by molar-refractivity contribution is 0.978. The van der Waals surface area contributed by atoms with Crippen LogP contribution in [0.5, 0.6) is 0 Å². The fraction of sp³-hybridized carbons (Fsp3) is 0. The standard InChI is InChI=1S/C13H12N8/c14-10-2-1-3-11-17-13(20-21(10)11)16-7-4-5-8-9(6-7)18-19-12(8)15/h1-6H,14H2,(H,16,20)(H3,15,18,19). The average molecular weight is 280 g/mol. The summed E-state index contributed by atoms with van der Waals surface area (Å²) in [6.07, 6.45) is 0. The monoisotopic (exact) mass is 280 g/mol. The van der Waals surface area contributed by atoms with Crippen molar-refractivity contribution in [3.05, 3.63) is 36.4 Å². The molecule has 0 aliphatic rings. The molecule has 0 bridgehead atoms. The van der Waals surface area contributed by atoms with Gasteiger partial charge in [-0.2, -0.15) is 14.6 Å². The minimum atomic E-state index is 0.472. The van der Waals surface area contributed by atoms with Gasteiger partial charge in [-0.25, -0.2) is 0 Å². The van der Waals surface area contributed by atoms with E-state index in [0.717, 1.165) is 16.6 Å². The normalized spacial score (nSPS) is 11.2. The third kappa shape index (κ3) is 1.81. The minimum Gasteiger partial charge on any atom is -0.384 e. The SMILES string of the molecule is Nc1n[nH]c2cc(Nc3nc4cccc(N)n4n3)ccc12. The van der Waals surface area contributed by atoms with Crippen LogP contribution in [-0.2, 0) is 0 Å². The van der Waals surface area contributed by atoms with Gasteiger partial charge in [-0.1, -0.05) is 6.07 Å². The molecule has 0 fully saturated rings. The zero-order chi connectivity index (χ0) is 14.4. The van der Waals surface area contributed by atoms with Crippen LogP contribution in [-0.4, -0.2) is 24.8 Å². The highest BCUT2D eigenvalue weighted by atomic mass is 15.4. The molecule has 3 aromatic heterocycles. The number of aromatic amines is 1. The minimum absolute atomic E-state index is 0.472. The molecule has 0 saturated carbocycles. The molecule has 0 amide bonds. The van der Waals surface area contributed by atoms with Crippen molar-refractivity contribution in [2.24, 2.45) is 0 Å². The van der Waals surface area contributed by atoms with Gasteiger partial charge in [-0.15, -0.1) is 5.10 Å². The number of rotatable bonds is 2. The third-order valence-corrected chi connectivity index (χ3v) is 3.24. The number of nitrogens with zero attached hydrogens (tertiary/aromatic N) is 4. The van der Waals surface area contributed by atoms with Crippen LogP contribution in [0.3, 0.4) is 0 Å². The highest BCUT2D eigenvalue weighted by Crippen LogP contribution is 2.23. The van der Waals surface area contributed by atoms with Crippen LogP contribution in [0.4, 0.5) is 23.3 Å². The summed E-state index contributed by atoms with van der Waals surface area (Å²) in [5, 5.41) is 15.2. The van der Waals surface area contributed by atoms with E-state index in [0.29, 0.717) is 23.2 Å². The summed E-state index contributed by atoms with van der Waals surface area (Å²) in [6.45, 7) is 0. The fourth-order valence-corrected chi connectivity index (χ4v) is 2.23. The Bertz CT molecular complexity index is 951. The molecule has 0 aliphatic heterocycles. The Balaban J connectivity index is 1.73. The molecule has 8 heteroatoms. The summed E-state index contributed by atoms with van der Waals surface area (Å²) >= 11 is 0. The maximum Gasteiger partial charge on any atom is 0.247 e. The first-order valence-corrected chi connectivity index (χ1v) is 6.32. The number of pyridine rings is 1. The van der Waals surface area contributed by atoms with Gasteiger partial charge in [0.1, 0.15) is 5.82 Å². The second kappa shape index (κ2) is 4.10. The number of nitrogens with one attached hydrogen (secondary N) is 2. The summed E-state index contributed by atoms with van der Waals surface area (Å²) in [4.78, 5) is 4.36. The quantitative estimate of drug-likeness (QED) is 0.441. The lowest BCUT2D eigenvalue weighted by Gasteiger charge is -2.01. The van der Waals surface area contributed by atoms with Gasteiger partial charge in [0.15, 0.2) is 11.5 Å². The van der Waals surface area contributed by atoms with Crippen LogP contribution in [0.15, 0.2) is 36.4 Å². The highest BCUT2D eigenvalue weighted by molar-refractivity contribution is 5.91. The molecule has 0 aliphatic carbocycles. The van der Waals surface area contributed by atoms with Gasteiger partial charge in [0.2, 0.25) is 5.95 Å². The molecule has 1 aromatic carbocycles. The predicted molar refractivity (Wildman–Crippen MR) is 81.2 cm³/mol. The largest absolute Gasteiger partial charge is 0.384 e. The van der Waals surface area contributed by atoms with E-state index in [1.54, 1.807) is 10.6 Å². The molecule has 21 heavy (non-hydrogen) atoms. The molecule has 4 rings (SSSR count). The van der Waals surface area contributed by atoms with Crippen LogP contribution in [0.25, 0.3) is 16.6 Å². The number of hydrogen-bond donors (Lipinski definition) is 4. The van der Waals surface area contributed by atoms with E-state index in [-0.39, 0.29) is 0 Å². The van der Waals surface area contributed by atoms with Gasteiger partial charge >= 0.3 is 0 Å². The molecule has 0 radical (unpaired) electrons. The Morgan fingerprint density at radius 3 is 2.90 bits per heavy atom. The van der Waals surface area contributed by atoms with Crippen LogP contribution in [0.1, 0.15) is 0 Å². The van der Waals surface area contributed by atoms with Crippen molar-refractivity contribution in [1.29, 1.82) is 0 Å². The molecule has 0 spiro atoms. The molecule has 0 atom stereocenters. The average Bonchev–Trinajstić information content (AvgIpc) is 3.04. The maximum atomic E-state index is 5.85. The lowest BCUT2D eigenvalue weighted by atomic mass is 10.2. The number of aromatic nitrogens is 5. The van der Waals surface area contributed by atoms with E-state index in [1.807, 2.05) is 30.3 Å². The van der Waals surface area contributed by atoms with E-state index in [4.69, 9.17) is 11.5 Å². The lowest BCUT2D eigenvalue weighted by Crippen LogP contribution is -1.98. The number of H-pyrrole nitrogens is 1. The molecule has 0 saturated heterocycles. The molecule has 104 valence electrons. The molecular weight excluding hydrogens is 268 g/mol. The van der Waals surface area contributed by atoms with Crippen LogP contribution < -0.4 is 16.8 Å². The number of hydrogen-bond acceptors (Lipinski definition) is 6. The van der Waals surface area contributed by atoms with E-state index >= 15 is 0 Å². The first-order chi connectivity index (χ1) is 10.2. The van der Waals surface area contributed by atoms with E-state index in [1.165, 1.54) is 0 Å². The molecule has 8 nitrogen and oxygen atoms in total. The number of nitrogen functional groups attached to an aromatic ring is 2. The van der Waals surface area contributed by atoms with Gasteiger partial charge in [0, 0.05) is 11.1 Å². The van der Waals surface area contributed by atoms with Crippen LogP contribution in [0, 0.1) is 0 Å². The molecule has 3 heterocycles. The first-order valence-electron chi connectivity index (χ1n) is 6.32. The van der Waals surface area contributed by atoms with E-state index < -0.39 is 0 Å². The predicted octanol–water partition coefficient (Wildman–Crippen LogP) is 1.51. The van der Waals surface area contributed by atoms with Crippen molar-refractivity contribution < 1.29 is 0 Å². The van der Waals surface area contributed by atoms with Crippen molar-refractivity contribution in [2.75, 3.05) is 16.8 Å². The summed E-state index contributed by atoms with van der Waals surface area (Å²) in [5.41, 5.74) is 14.0. The zero-order valence-corrected chi connectivity index (χ0v) is 10.9. The van der Waals surface area contributed by atoms with Gasteiger partial charge in [0.25, 0.3) is 0 Å². The second-order valence-corrected chi connectivity index (χ2v) is 4.65. The van der Waals surface area contributed by atoms with Gasteiger partial charge in [-0.05, 0) is 30.3 Å². The fourth-order valence-electron chi connectivity index (χ4n) is 2.23. The Morgan fingerprint density at radius 1 is 1.14 bits per heavy atom. The molecule has 6 N–H and O–H groups in total. The topological polar surface area (TPSA) is 123 Å². The van der Waals surface area contributed by atoms with Crippen LogP contribution in [0.2, 0.25) is 0 Å². The molecule has 0 unspecified atom stereocenters. The summed E-state index contributed by atoms with van der Waals surface area (Å²) in [7, 11) is 0. The Hall–Kier alpha value is -3.29. The van der Waals surface area contributed by atoms with Crippen molar-refractivity contribution in [1.82, 2.24) is 24.8 Å². The maximum absolute atomic E-state index is 5.85. The second-order valence-electron chi connectivity index (χ2n) is 4.65. The Kier molecular flexibility index (Phi) is 2.25. The van der Waals surface area contributed by atoms with Gasteiger partial charge in [-0.3, -0.25) is 5.10 Å². The van der Waals surface area contributed by atoms with Crippen LogP contribution >= 0.6 is 0 Å². The molecule has 4 aromatic rings. The number of nitrogens with two attached hydrogens (primary N) is 2. The van der Waals surface area contributed by atoms with Crippen molar-refractivity contribution in [2.45, 2.75) is 0 Å². The Morgan fingerprint density at radius 2 is 2.05 bits per heavy atom. The van der Waals surface area contributed by atoms with Gasteiger partial charge < -0.3 is 16.8 Å². The van der Waals surface area contributed by atoms with Gasteiger partial charge in [0.05, 0.1) is 5.52 Å². The van der Waals surface area contributed by atoms with Crippen molar-refractivity contribution >= 4 is 39.8 Å². The summed E-state index contributed by atoms with van der Waals surface area (Å²) < 4.78 is 1.58. The Labute approximate surface area is 118 Å². The highest BCUT2D eigenvalue weighted by Gasteiger charge is 2.07.